The van der Waals surface area contributed by atoms with Crippen molar-refractivity contribution in [1.82, 2.24) is 15.1 Å². The van der Waals surface area contributed by atoms with Crippen molar-refractivity contribution in [3.05, 3.63) is 41.1 Å². The Kier molecular flexibility index (Phi) is 4.79. The summed E-state index contributed by atoms with van der Waals surface area (Å²) in [5.74, 6) is 0.109. The van der Waals surface area contributed by atoms with Crippen LogP contribution < -0.4 is 4.74 Å². The van der Waals surface area contributed by atoms with Crippen molar-refractivity contribution >= 4 is 5.91 Å². The van der Waals surface area contributed by atoms with Crippen LogP contribution in [0.15, 0.2) is 22.6 Å². The van der Waals surface area contributed by atoms with Gasteiger partial charge < -0.3 is 14.1 Å². The van der Waals surface area contributed by atoms with E-state index in [1.165, 1.54) is 17.0 Å². The molecule has 1 fully saturated rings. The molecule has 0 saturated carbocycles. The predicted octanol–water partition coefficient (Wildman–Crippen LogP) is 3.08. The van der Waals surface area contributed by atoms with Gasteiger partial charge in [0.15, 0.2) is 6.10 Å². The summed E-state index contributed by atoms with van der Waals surface area (Å²) in [5.41, 5.74) is -2.28. The van der Waals surface area contributed by atoms with Gasteiger partial charge in [-0.1, -0.05) is 13.8 Å². The van der Waals surface area contributed by atoms with E-state index in [9.17, 15) is 18.0 Å². The highest BCUT2D eigenvalue weighted by Crippen LogP contribution is 2.38. The van der Waals surface area contributed by atoms with Crippen molar-refractivity contribution in [3.8, 4) is 11.8 Å². The molecule has 3 rings (SSSR count). The van der Waals surface area contributed by atoms with Gasteiger partial charge in [0.05, 0.1) is 23.7 Å². The minimum absolute atomic E-state index is 0.0874. The highest BCUT2D eigenvalue weighted by molar-refractivity contribution is 5.84. The second-order valence-corrected chi connectivity index (χ2v) is 7.21. The van der Waals surface area contributed by atoms with E-state index in [-0.39, 0.29) is 18.2 Å². The van der Waals surface area contributed by atoms with E-state index in [0.717, 1.165) is 12.1 Å². The van der Waals surface area contributed by atoms with Crippen LogP contribution in [0.3, 0.4) is 0 Å². The summed E-state index contributed by atoms with van der Waals surface area (Å²) in [6.45, 7) is 5.58. The van der Waals surface area contributed by atoms with Crippen molar-refractivity contribution in [1.29, 1.82) is 5.26 Å². The Bertz CT molecular complexity index is 946. The molecule has 1 atom stereocenters. The summed E-state index contributed by atoms with van der Waals surface area (Å²) in [7, 11) is 0. The van der Waals surface area contributed by atoms with Gasteiger partial charge in [-0.2, -0.15) is 18.4 Å². The molecule has 10 heteroatoms. The van der Waals surface area contributed by atoms with Gasteiger partial charge in [0.2, 0.25) is 11.8 Å². The molecule has 28 heavy (non-hydrogen) atoms. The molecule has 1 aliphatic rings. The number of aromatic nitrogens is 2. The Morgan fingerprint density at radius 2 is 2.11 bits per heavy atom. The van der Waals surface area contributed by atoms with Gasteiger partial charge in [0, 0.05) is 18.9 Å². The highest BCUT2D eigenvalue weighted by atomic mass is 19.4. The van der Waals surface area contributed by atoms with Crippen LogP contribution in [0.4, 0.5) is 13.2 Å². The van der Waals surface area contributed by atoms with Crippen LogP contribution in [-0.4, -0.2) is 33.7 Å². The van der Waals surface area contributed by atoms with Crippen molar-refractivity contribution < 1.29 is 27.1 Å². The Labute approximate surface area is 158 Å². The van der Waals surface area contributed by atoms with Gasteiger partial charge in [0.1, 0.15) is 5.75 Å². The summed E-state index contributed by atoms with van der Waals surface area (Å²) in [5, 5.41) is 16.4. The van der Waals surface area contributed by atoms with Gasteiger partial charge in [-0.25, -0.2) is 0 Å². The number of rotatable bonds is 4. The Morgan fingerprint density at radius 1 is 1.39 bits per heavy atom. The number of benzene rings is 1. The van der Waals surface area contributed by atoms with Crippen molar-refractivity contribution in [2.45, 2.75) is 39.6 Å². The molecule has 0 bridgehead atoms. The van der Waals surface area contributed by atoms with E-state index >= 15 is 0 Å². The molecule has 0 radical (unpaired) electrons. The molecule has 0 spiro atoms. The molecular weight excluding hydrogens is 377 g/mol. The van der Waals surface area contributed by atoms with Crippen molar-refractivity contribution in [2.24, 2.45) is 5.41 Å². The van der Waals surface area contributed by atoms with Gasteiger partial charge in [-0.3, -0.25) is 4.79 Å². The quantitative estimate of drug-likeness (QED) is 0.791. The van der Waals surface area contributed by atoms with E-state index < -0.39 is 34.7 Å². The predicted molar refractivity (Wildman–Crippen MR) is 88.8 cm³/mol. The molecular formula is C18H17F3N4O3. The van der Waals surface area contributed by atoms with E-state index in [4.69, 9.17) is 14.4 Å². The van der Waals surface area contributed by atoms with Crippen LogP contribution in [0.5, 0.6) is 5.75 Å². The number of halogens is 3. The van der Waals surface area contributed by atoms with Crippen LogP contribution in [0.25, 0.3) is 0 Å². The fraction of sp³-hybridized carbons (Fsp3) is 0.444. The lowest BCUT2D eigenvalue weighted by atomic mass is 9.89. The third-order valence-corrected chi connectivity index (χ3v) is 4.41. The summed E-state index contributed by atoms with van der Waals surface area (Å²) >= 11 is 0. The zero-order valence-electron chi connectivity index (χ0n) is 15.4. The number of carbonyl (C=O) groups is 1. The van der Waals surface area contributed by atoms with Crippen LogP contribution in [-0.2, 0) is 17.5 Å². The second-order valence-electron chi connectivity index (χ2n) is 7.21. The molecule has 1 aliphatic heterocycles. The third-order valence-electron chi connectivity index (χ3n) is 4.41. The first-order chi connectivity index (χ1) is 13.0. The topological polar surface area (TPSA) is 92.2 Å². The van der Waals surface area contributed by atoms with Crippen molar-refractivity contribution in [2.75, 3.05) is 6.54 Å². The first-order valence-electron chi connectivity index (χ1n) is 8.37. The number of nitriles is 1. The Morgan fingerprint density at radius 3 is 2.68 bits per heavy atom. The Hall–Kier alpha value is -3.09. The molecule has 2 aromatic rings. The molecule has 1 aromatic heterocycles. The van der Waals surface area contributed by atoms with E-state index in [1.807, 2.05) is 0 Å². The highest BCUT2D eigenvalue weighted by Gasteiger charge is 2.48. The third kappa shape index (κ3) is 3.78. The average molecular weight is 394 g/mol. The fourth-order valence-corrected chi connectivity index (χ4v) is 3.13. The fourth-order valence-electron chi connectivity index (χ4n) is 3.13. The minimum Gasteiger partial charge on any atom is -0.480 e. The molecule has 0 aliphatic carbocycles. The Balaban J connectivity index is 1.83. The summed E-state index contributed by atoms with van der Waals surface area (Å²) in [6.07, 6.45) is -5.70. The van der Waals surface area contributed by atoms with Crippen LogP contribution in [0, 0.1) is 23.7 Å². The number of aryl methyl sites for hydroxylation is 1. The molecule has 1 amide bonds. The molecule has 1 aromatic carbocycles. The summed E-state index contributed by atoms with van der Waals surface area (Å²) in [4.78, 5) is 14.2. The largest absolute Gasteiger partial charge is 0.480 e. The number of ether oxygens (including phenoxy) is 1. The SMILES string of the molecule is Cc1nnc(CN2CC(C)(C)[C@@H](Oc3ccc(C#N)c(C(F)(F)F)c3)C2=O)o1. The first kappa shape index (κ1) is 19.7. The molecule has 148 valence electrons. The number of hydrogen-bond acceptors (Lipinski definition) is 6. The molecule has 0 unspecified atom stereocenters. The minimum atomic E-state index is -4.71. The lowest BCUT2D eigenvalue weighted by molar-refractivity contribution is -0.138. The van der Waals surface area contributed by atoms with Crippen LogP contribution >= 0.6 is 0 Å². The summed E-state index contributed by atoms with van der Waals surface area (Å²) < 4.78 is 50.4. The number of likely N-dealkylation sites (tertiary alicyclic amines) is 1. The monoisotopic (exact) mass is 394 g/mol. The molecule has 1 saturated heterocycles. The van der Waals surface area contributed by atoms with Crippen molar-refractivity contribution in [3.63, 3.8) is 0 Å². The number of alkyl halides is 3. The van der Waals surface area contributed by atoms with Gasteiger partial charge >= 0.3 is 6.18 Å². The maximum Gasteiger partial charge on any atom is 0.417 e. The van der Waals surface area contributed by atoms with Crippen LogP contribution in [0.1, 0.15) is 36.8 Å². The zero-order chi connectivity index (χ0) is 20.7. The first-order valence-corrected chi connectivity index (χ1v) is 8.37. The lowest BCUT2D eigenvalue weighted by Crippen LogP contribution is -2.36. The maximum atomic E-state index is 13.2. The van der Waals surface area contributed by atoms with E-state index in [0.29, 0.717) is 12.4 Å². The molecule has 2 heterocycles. The molecule has 7 nitrogen and oxygen atoms in total. The number of amides is 1. The molecule has 0 N–H and O–H groups in total. The van der Waals surface area contributed by atoms with E-state index in [1.54, 1.807) is 20.8 Å². The number of hydrogen-bond donors (Lipinski definition) is 0. The van der Waals surface area contributed by atoms with E-state index in [2.05, 4.69) is 10.2 Å². The number of nitrogens with zero attached hydrogens (tertiary/aromatic N) is 4. The smallest absolute Gasteiger partial charge is 0.417 e. The number of carbonyl (C=O) groups excluding carboxylic acids is 1. The van der Waals surface area contributed by atoms with Gasteiger partial charge in [-0.15, -0.1) is 10.2 Å². The normalized spacial score (nSPS) is 19.0. The average Bonchev–Trinajstić information content (AvgIpc) is 3.10. The summed E-state index contributed by atoms with van der Waals surface area (Å²) in [6, 6.07) is 4.53. The lowest BCUT2D eigenvalue weighted by Gasteiger charge is -2.24. The maximum absolute atomic E-state index is 13.2. The van der Waals surface area contributed by atoms with Gasteiger partial charge in [-0.05, 0) is 18.2 Å². The zero-order valence-corrected chi connectivity index (χ0v) is 15.4. The standard InChI is InChI=1S/C18H17F3N4O3/c1-10-23-24-14(27-10)8-25-9-17(2,3)15(16(25)26)28-12-5-4-11(7-22)13(6-12)18(19,20)21/h4-6,15H,8-9H2,1-3H3/t15-/m0/s1. The van der Waals surface area contributed by atoms with Gasteiger partial charge in [0.25, 0.3) is 5.91 Å². The van der Waals surface area contributed by atoms with Crippen LogP contribution in [0.2, 0.25) is 0 Å². The second kappa shape index (κ2) is 6.82.